The summed E-state index contributed by atoms with van der Waals surface area (Å²) in [6.45, 7) is 0. The Bertz CT molecular complexity index is 442. The molecule has 0 atom stereocenters. The summed E-state index contributed by atoms with van der Waals surface area (Å²) in [4.78, 5) is 7.32. The van der Waals surface area contributed by atoms with Gasteiger partial charge in [0, 0.05) is 18.4 Å². The van der Waals surface area contributed by atoms with Gasteiger partial charge in [0.05, 0.1) is 16.1 Å². The van der Waals surface area contributed by atoms with E-state index in [2.05, 4.69) is 9.97 Å². The Kier molecular flexibility index (Phi) is 3.12. The molecule has 1 aromatic carbocycles. The van der Waals surface area contributed by atoms with Gasteiger partial charge in [0.25, 0.3) is 0 Å². The molecule has 1 N–H and O–H groups in total. The van der Waals surface area contributed by atoms with Crippen LogP contribution in [0.4, 0.5) is 4.39 Å². The van der Waals surface area contributed by atoms with Crippen molar-refractivity contribution in [1.29, 1.82) is 0 Å². The van der Waals surface area contributed by atoms with Gasteiger partial charge in [-0.05, 0) is 12.5 Å². The molecular weight excluding hydrogens is 238 g/mol. The lowest BCUT2D eigenvalue weighted by Gasteiger charge is -1.91. The van der Waals surface area contributed by atoms with Gasteiger partial charge in [0.2, 0.25) is 0 Å². The number of H-pyrrole nitrogens is 1. The lowest BCUT2D eigenvalue weighted by molar-refractivity contribution is 0.630. The number of aromatic amines is 1. The summed E-state index contributed by atoms with van der Waals surface area (Å²) in [7, 11) is 0. The first-order valence-electron chi connectivity index (χ1n) is 4.60. The number of aryl methyl sites for hydroxylation is 1. The van der Waals surface area contributed by atoms with E-state index in [1.54, 1.807) is 0 Å². The molecule has 2 aromatic rings. The summed E-state index contributed by atoms with van der Waals surface area (Å²) in [6.07, 6.45) is 1.61. The van der Waals surface area contributed by atoms with E-state index in [4.69, 9.17) is 23.2 Å². The molecule has 2 rings (SSSR count). The smallest absolute Gasteiger partial charge is 0.144 e. The van der Waals surface area contributed by atoms with Gasteiger partial charge in [0.15, 0.2) is 0 Å². The zero-order chi connectivity index (χ0) is 10.8. The Hall–Kier alpha value is -0.800. The number of aromatic nitrogens is 2. The third-order valence-electron chi connectivity index (χ3n) is 2.12. The Morgan fingerprint density at radius 2 is 2.20 bits per heavy atom. The highest BCUT2D eigenvalue weighted by molar-refractivity contribution is 6.31. The SMILES string of the molecule is Fc1cc2[nH]c(CCCCl)nc2cc1Cl. The van der Waals surface area contributed by atoms with Crippen molar-refractivity contribution in [2.24, 2.45) is 0 Å². The average molecular weight is 247 g/mol. The first kappa shape index (κ1) is 10.7. The minimum absolute atomic E-state index is 0.0953. The van der Waals surface area contributed by atoms with Crippen molar-refractivity contribution in [1.82, 2.24) is 9.97 Å². The molecule has 0 radical (unpaired) electrons. The van der Waals surface area contributed by atoms with Crippen LogP contribution in [0.25, 0.3) is 11.0 Å². The summed E-state index contributed by atoms with van der Waals surface area (Å²) in [6, 6.07) is 2.88. The molecule has 1 aromatic heterocycles. The van der Waals surface area contributed by atoms with E-state index >= 15 is 0 Å². The van der Waals surface area contributed by atoms with E-state index in [9.17, 15) is 4.39 Å². The van der Waals surface area contributed by atoms with Crippen LogP contribution in [0.1, 0.15) is 12.2 Å². The van der Waals surface area contributed by atoms with Gasteiger partial charge in [0.1, 0.15) is 11.6 Å². The third kappa shape index (κ3) is 2.24. The van der Waals surface area contributed by atoms with E-state index < -0.39 is 5.82 Å². The van der Waals surface area contributed by atoms with Gasteiger partial charge in [-0.1, -0.05) is 11.6 Å². The molecule has 0 aliphatic carbocycles. The topological polar surface area (TPSA) is 28.7 Å². The fraction of sp³-hybridized carbons (Fsp3) is 0.300. The highest BCUT2D eigenvalue weighted by Gasteiger charge is 2.07. The van der Waals surface area contributed by atoms with E-state index in [0.29, 0.717) is 16.9 Å². The molecule has 80 valence electrons. The Morgan fingerprint density at radius 3 is 2.93 bits per heavy atom. The van der Waals surface area contributed by atoms with Crippen molar-refractivity contribution in [2.45, 2.75) is 12.8 Å². The number of hydrogen-bond donors (Lipinski definition) is 1. The Balaban J connectivity index is 2.38. The molecule has 1 heterocycles. The van der Waals surface area contributed by atoms with Crippen molar-refractivity contribution < 1.29 is 4.39 Å². The monoisotopic (exact) mass is 246 g/mol. The first-order valence-corrected chi connectivity index (χ1v) is 5.51. The van der Waals surface area contributed by atoms with E-state index in [-0.39, 0.29) is 5.02 Å². The third-order valence-corrected chi connectivity index (χ3v) is 2.68. The highest BCUT2D eigenvalue weighted by Crippen LogP contribution is 2.21. The number of imidazole rings is 1. The number of rotatable bonds is 3. The minimum Gasteiger partial charge on any atom is -0.342 e. The zero-order valence-electron chi connectivity index (χ0n) is 7.86. The predicted octanol–water partition coefficient (Wildman–Crippen LogP) is 3.53. The van der Waals surface area contributed by atoms with Crippen LogP contribution >= 0.6 is 23.2 Å². The van der Waals surface area contributed by atoms with Crippen LogP contribution in [0.2, 0.25) is 5.02 Å². The average Bonchev–Trinajstić information content (AvgIpc) is 2.58. The molecule has 0 unspecified atom stereocenters. The van der Waals surface area contributed by atoms with Crippen molar-refractivity contribution in [3.63, 3.8) is 0 Å². The maximum Gasteiger partial charge on any atom is 0.144 e. The maximum absolute atomic E-state index is 13.1. The number of halogens is 3. The standard InChI is InChI=1S/C10H9Cl2FN2/c11-3-1-2-10-14-8-4-6(12)7(13)5-9(8)15-10/h4-5H,1-3H2,(H,14,15). The van der Waals surface area contributed by atoms with Crippen LogP contribution in [0.3, 0.4) is 0 Å². The lowest BCUT2D eigenvalue weighted by atomic mass is 10.3. The molecule has 5 heteroatoms. The Labute approximate surface area is 96.4 Å². The van der Waals surface area contributed by atoms with Crippen LogP contribution in [0.5, 0.6) is 0 Å². The fourth-order valence-electron chi connectivity index (χ4n) is 1.41. The lowest BCUT2D eigenvalue weighted by Crippen LogP contribution is -1.87. The molecule has 0 saturated heterocycles. The molecule has 0 amide bonds. The van der Waals surface area contributed by atoms with E-state index in [1.807, 2.05) is 0 Å². The second-order valence-electron chi connectivity index (χ2n) is 3.26. The van der Waals surface area contributed by atoms with E-state index in [1.165, 1.54) is 12.1 Å². The minimum atomic E-state index is -0.434. The van der Waals surface area contributed by atoms with Crippen molar-refractivity contribution in [3.05, 3.63) is 28.8 Å². The van der Waals surface area contributed by atoms with Gasteiger partial charge in [-0.25, -0.2) is 9.37 Å². The summed E-state index contributed by atoms with van der Waals surface area (Å²) < 4.78 is 13.1. The number of hydrogen-bond acceptors (Lipinski definition) is 1. The van der Waals surface area contributed by atoms with Crippen LogP contribution < -0.4 is 0 Å². The normalized spacial score (nSPS) is 11.1. The largest absolute Gasteiger partial charge is 0.342 e. The van der Waals surface area contributed by atoms with Crippen LogP contribution in [-0.4, -0.2) is 15.8 Å². The molecular formula is C10H9Cl2FN2. The quantitative estimate of drug-likeness (QED) is 0.826. The van der Waals surface area contributed by atoms with Crippen molar-refractivity contribution in [2.75, 3.05) is 5.88 Å². The molecule has 15 heavy (non-hydrogen) atoms. The van der Waals surface area contributed by atoms with Crippen LogP contribution in [0, 0.1) is 5.82 Å². The summed E-state index contributed by atoms with van der Waals surface area (Å²) >= 11 is 11.2. The van der Waals surface area contributed by atoms with Gasteiger partial charge >= 0.3 is 0 Å². The number of alkyl halides is 1. The fourth-order valence-corrected chi connectivity index (χ4v) is 1.70. The second-order valence-corrected chi connectivity index (χ2v) is 4.04. The van der Waals surface area contributed by atoms with Crippen LogP contribution in [-0.2, 0) is 6.42 Å². The number of nitrogens with zero attached hydrogens (tertiary/aromatic N) is 1. The number of nitrogens with one attached hydrogen (secondary N) is 1. The molecule has 0 bridgehead atoms. The second kappa shape index (κ2) is 4.37. The van der Waals surface area contributed by atoms with Gasteiger partial charge < -0.3 is 4.98 Å². The first-order chi connectivity index (χ1) is 7.20. The Morgan fingerprint density at radius 1 is 1.40 bits per heavy atom. The summed E-state index contributed by atoms with van der Waals surface area (Å²) in [5.41, 5.74) is 1.35. The van der Waals surface area contributed by atoms with Gasteiger partial charge in [-0.2, -0.15) is 0 Å². The van der Waals surface area contributed by atoms with E-state index in [0.717, 1.165) is 18.7 Å². The molecule has 0 spiro atoms. The summed E-state index contributed by atoms with van der Waals surface area (Å²) in [5.74, 6) is 0.968. The van der Waals surface area contributed by atoms with Crippen molar-refractivity contribution >= 4 is 34.2 Å². The predicted molar refractivity (Wildman–Crippen MR) is 60.1 cm³/mol. The zero-order valence-corrected chi connectivity index (χ0v) is 9.37. The van der Waals surface area contributed by atoms with Crippen molar-refractivity contribution in [3.8, 4) is 0 Å². The van der Waals surface area contributed by atoms with Crippen LogP contribution in [0.15, 0.2) is 12.1 Å². The molecule has 0 aliphatic heterocycles. The summed E-state index contributed by atoms with van der Waals surface area (Å²) in [5, 5.41) is 0.0953. The number of fused-ring (bicyclic) bond motifs is 1. The van der Waals surface area contributed by atoms with Gasteiger partial charge in [-0.15, -0.1) is 11.6 Å². The van der Waals surface area contributed by atoms with Gasteiger partial charge in [-0.3, -0.25) is 0 Å². The maximum atomic E-state index is 13.1. The molecule has 0 aliphatic rings. The molecule has 0 fully saturated rings. The molecule has 0 saturated carbocycles. The number of benzene rings is 1. The highest BCUT2D eigenvalue weighted by atomic mass is 35.5. The molecule has 2 nitrogen and oxygen atoms in total.